The average molecular weight is 302 g/mol. The van der Waals surface area contributed by atoms with Gasteiger partial charge in [-0.25, -0.2) is 0 Å². The molecule has 1 aromatic rings. The molecule has 0 radical (unpaired) electrons. The Balaban J connectivity index is 2.85. The number of aromatic nitrogens is 2. The maximum Gasteiger partial charge on any atom is 0.272 e. The molecular weight excluding hydrogens is 282 g/mol. The lowest BCUT2D eigenvalue weighted by Crippen LogP contribution is -2.33. The van der Waals surface area contributed by atoms with E-state index in [0.717, 1.165) is 37.1 Å². The number of nitrogens with zero attached hydrogens (tertiary/aromatic N) is 3. The molecule has 1 amide bonds. The molecule has 0 unspecified atom stereocenters. The van der Waals surface area contributed by atoms with Crippen LogP contribution in [0.1, 0.15) is 36.5 Å². The number of rotatable bonds is 6. The van der Waals surface area contributed by atoms with E-state index in [-0.39, 0.29) is 5.91 Å². The second-order valence-corrected chi connectivity index (χ2v) is 4.71. The van der Waals surface area contributed by atoms with E-state index in [1.165, 1.54) is 0 Å². The fourth-order valence-corrected chi connectivity index (χ4v) is 2.03. The minimum atomic E-state index is 0.0795. The summed E-state index contributed by atoms with van der Waals surface area (Å²) in [5.41, 5.74) is 1.59. The van der Waals surface area contributed by atoms with Gasteiger partial charge in [0.1, 0.15) is 5.69 Å². The van der Waals surface area contributed by atoms with E-state index >= 15 is 0 Å². The topological polar surface area (TPSA) is 38.1 Å². The molecule has 0 bridgehead atoms. The minimum Gasteiger partial charge on any atom is -0.338 e. The Morgan fingerprint density at radius 1 is 1.53 bits per heavy atom. The van der Waals surface area contributed by atoms with Gasteiger partial charge in [-0.05, 0) is 33.3 Å². The largest absolute Gasteiger partial charge is 0.338 e. The van der Waals surface area contributed by atoms with Gasteiger partial charge in [-0.2, -0.15) is 5.10 Å². The number of amides is 1. The molecule has 1 heterocycles. The molecule has 0 N–H and O–H groups in total. The molecule has 0 aromatic carbocycles. The van der Waals surface area contributed by atoms with Crippen LogP contribution in [0.2, 0.25) is 0 Å². The Morgan fingerprint density at radius 2 is 2.24 bits per heavy atom. The Kier molecular flexibility index (Phi) is 5.68. The molecule has 0 aliphatic carbocycles. The summed E-state index contributed by atoms with van der Waals surface area (Å²) in [6, 6.07) is 1.86. The Bertz CT molecular complexity index is 376. The van der Waals surface area contributed by atoms with Crippen LogP contribution < -0.4 is 0 Å². The number of hydrogen-bond acceptors (Lipinski definition) is 2. The van der Waals surface area contributed by atoms with Crippen LogP contribution in [0.25, 0.3) is 0 Å². The van der Waals surface area contributed by atoms with E-state index in [4.69, 9.17) is 0 Å². The van der Waals surface area contributed by atoms with Gasteiger partial charge in [0, 0.05) is 25.0 Å². The fraction of sp³-hybridized carbons (Fsp3) is 0.667. The Morgan fingerprint density at radius 3 is 2.76 bits per heavy atom. The summed E-state index contributed by atoms with van der Waals surface area (Å²) >= 11 is 3.39. The zero-order valence-corrected chi connectivity index (χ0v) is 12.3. The maximum absolute atomic E-state index is 12.3. The van der Waals surface area contributed by atoms with Crippen LogP contribution in [0, 0.1) is 6.92 Å². The monoisotopic (exact) mass is 301 g/mol. The van der Waals surface area contributed by atoms with Crippen molar-refractivity contribution < 1.29 is 4.79 Å². The van der Waals surface area contributed by atoms with Crippen LogP contribution >= 0.6 is 15.9 Å². The van der Waals surface area contributed by atoms with Crippen molar-refractivity contribution in [3.63, 3.8) is 0 Å². The average Bonchev–Trinajstić information content (AvgIpc) is 2.71. The van der Waals surface area contributed by atoms with E-state index in [1.807, 2.05) is 31.7 Å². The maximum atomic E-state index is 12.3. The molecule has 0 aliphatic rings. The Hall–Kier alpha value is -0.840. The number of halogens is 1. The second kappa shape index (κ2) is 6.79. The van der Waals surface area contributed by atoms with Crippen molar-refractivity contribution in [3.8, 4) is 0 Å². The van der Waals surface area contributed by atoms with E-state index in [1.54, 1.807) is 4.68 Å². The lowest BCUT2D eigenvalue weighted by atomic mass is 10.3. The van der Waals surface area contributed by atoms with Gasteiger partial charge in [0.2, 0.25) is 0 Å². The number of carbonyl (C=O) groups excluding carboxylic acids is 1. The van der Waals surface area contributed by atoms with Crippen LogP contribution in [0.3, 0.4) is 0 Å². The third kappa shape index (κ3) is 3.56. The van der Waals surface area contributed by atoms with Crippen LogP contribution in [0.5, 0.6) is 0 Å². The molecule has 0 saturated heterocycles. The standard InChI is InChI=1S/C12H20BrN3O/c1-4-15(8-6-7-13)12(17)11-9-10(3)14-16(11)5-2/h9H,4-8H2,1-3H3. The van der Waals surface area contributed by atoms with Gasteiger partial charge in [-0.3, -0.25) is 9.48 Å². The lowest BCUT2D eigenvalue weighted by molar-refractivity contribution is 0.0752. The molecule has 0 spiro atoms. The summed E-state index contributed by atoms with van der Waals surface area (Å²) in [4.78, 5) is 14.2. The zero-order chi connectivity index (χ0) is 12.8. The van der Waals surface area contributed by atoms with Gasteiger partial charge in [0.25, 0.3) is 5.91 Å². The molecule has 1 aromatic heterocycles. The van der Waals surface area contributed by atoms with Gasteiger partial charge < -0.3 is 4.90 Å². The first kappa shape index (κ1) is 14.2. The first-order valence-corrected chi connectivity index (χ1v) is 7.15. The SMILES string of the molecule is CCN(CCCBr)C(=O)c1cc(C)nn1CC. The fourth-order valence-electron chi connectivity index (χ4n) is 1.77. The number of hydrogen-bond donors (Lipinski definition) is 0. The molecule has 0 saturated carbocycles. The smallest absolute Gasteiger partial charge is 0.272 e. The van der Waals surface area contributed by atoms with Crippen molar-refractivity contribution in [1.82, 2.24) is 14.7 Å². The van der Waals surface area contributed by atoms with Gasteiger partial charge in [-0.15, -0.1) is 0 Å². The van der Waals surface area contributed by atoms with E-state index in [9.17, 15) is 4.79 Å². The highest BCUT2D eigenvalue weighted by Gasteiger charge is 2.18. The molecule has 0 atom stereocenters. The van der Waals surface area contributed by atoms with Crippen LogP contribution in [0.4, 0.5) is 0 Å². The van der Waals surface area contributed by atoms with Crippen molar-refractivity contribution in [2.75, 3.05) is 18.4 Å². The van der Waals surface area contributed by atoms with Crippen molar-refractivity contribution in [1.29, 1.82) is 0 Å². The summed E-state index contributed by atoms with van der Waals surface area (Å²) in [5, 5.41) is 5.23. The molecular formula is C12H20BrN3O. The third-order valence-corrected chi connectivity index (χ3v) is 3.21. The van der Waals surface area contributed by atoms with Gasteiger partial charge in [-0.1, -0.05) is 15.9 Å². The highest BCUT2D eigenvalue weighted by molar-refractivity contribution is 9.09. The van der Waals surface area contributed by atoms with E-state index in [0.29, 0.717) is 5.69 Å². The Labute approximate surface area is 111 Å². The predicted molar refractivity (Wildman–Crippen MR) is 72.6 cm³/mol. The van der Waals surface area contributed by atoms with Gasteiger partial charge >= 0.3 is 0 Å². The number of carbonyl (C=O) groups is 1. The zero-order valence-electron chi connectivity index (χ0n) is 10.7. The second-order valence-electron chi connectivity index (χ2n) is 3.91. The quantitative estimate of drug-likeness (QED) is 0.757. The first-order valence-electron chi connectivity index (χ1n) is 6.03. The third-order valence-electron chi connectivity index (χ3n) is 2.65. The molecule has 1 rings (SSSR count). The number of aryl methyl sites for hydroxylation is 2. The van der Waals surface area contributed by atoms with Crippen LogP contribution in [0.15, 0.2) is 6.07 Å². The minimum absolute atomic E-state index is 0.0795. The normalized spacial score (nSPS) is 10.6. The summed E-state index contributed by atoms with van der Waals surface area (Å²) in [7, 11) is 0. The van der Waals surface area contributed by atoms with Crippen molar-refractivity contribution in [2.45, 2.75) is 33.7 Å². The summed E-state index contributed by atoms with van der Waals surface area (Å²) in [6.45, 7) is 8.17. The molecule has 0 fully saturated rings. The summed E-state index contributed by atoms with van der Waals surface area (Å²) in [6.07, 6.45) is 0.971. The highest BCUT2D eigenvalue weighted by Crippen LogP contribution is 2.08. The summed E-state index contributed by atoms with van der Waals surface area (Å²) < 4.78 is 1.77. The van der Waals surface area contributed by atoms with Crippen LogP contribution in [-0.2, 0) is 6.54 Å². The molecule has 17 heavy (non-hydrogen) atoms. The first-order chi connectivity index (χ1) is 8.13. The van der Waals surface area contributed by atoms with Crippen molar-refractivity contribution in [2.24, 2.45) is 0 Å². The van der Waals surface area contributed by atoms with Gasteiger partial charge in [0.15, 0.2) is 0 Å². The molecule has 4 nitrogen and oxygen atoms in total. The number of alkyl halides is 1. The summed E-state index contributed by atoms with van der Waals surface area (Å²) in [5.74, 6) is 0.0795. The molecule has 96 valence electrons. The lowest BCUT2D eigenvalue weighted by Gasteiger charge is -2.20. The predicted octanol–water partition coefficient (Wildman–Crippen LogP) is 2.46. The molecule has 5 heteroatoms. The van der Waals surface area contributed by atoms with Crippen LogP contribution in [-0.4, -0.2) is 39.0 Å². The van der Waals surface area contributed by atoms with Crippen molar-refractivity contribution >= 4 is 21.8 Å². The highest BCUT2D eigenvalue weighted by atomic mass is 79.9. The molecule has 0 aliphatic heterocycles. The van der Waals surface area contributed by atoms with Gasteiger partial charge in [0.05, 0.1) is 5.69 Å². The van der Waals surface area contributed by atoms with E-state index in [2.05, 4.69) is 21.0 Å². The van der Waals surface area contributed by atoms with E-state index < -0.39 is 0 Å². The van der Waals surface area contributed by atoms with Crippen molar-refractivity contribution in [3.05, 3.63) is 17.5 Å².